The molecule has 0 spiro atoms. The van der Waals surface area contributed by atoms with Crippen molar-refractivity contribution in [3.8, 4) is 5.75 Å². The summed E-state index contributed by atoms with van der Waals surface area (Å²) < 4.78 is 5.89. The Balaban J connectivity index is 1.63. The molecule has 0 saturated heterocycles. The smallest absolute Gasteiger partial charge is 0.271 e. The summed E-state index contributed by atoms with van der Waals surface area (Å²) in [6.45, 7) is 2.70. The molecule has 0 atom stereocenters. The molecule has 4 nitrogen and oxygen atoms in total. The molecule has 1 N–H and O–H groups in total. The standard InChI is InChI=1S/C25H22N2O2/c1-2-16-29-24-15-14-19-9-4-6-12-21(19)23(24)17-26-27-25(28)22-13-7-10-18-8-3-5-11-20(18)22/h3-15,17H,2,16H2,1H3,(H,27,28)/b26-17-. The second-order valence-corrected chi connectivity index (χ2v) is 6.77. The predicted octanol–water partition coefficient (Wildman–Crippen LogP) is 5.55. The fourth-order valence-corrected chi connectivity index (χ4v) is 3.39. The number of nitrogens with zero attached hydrogens (tertiary/aromatic N) is 1. The summed E-state index contributed by atoms with van der Waals surface area (Å²) in [4.78, 5) is 12.7. The van der Waals surface area contributed by atoms with Gasteiger partial charge in [-0.25, -0.2) is 5.43 Å². The fourth-order valence-electron chi connectivity index (χ4n) is 3.39. The molecule has 0 aliphatic carbocycles. The molecule has 0 unspecified atom stereocenters. The van der Waals surface area contributed by atoms with E-state index in [4.69, 9.17) is 4.74 Å². The monoisotopic (exact) mass is 382 g/mol. The molecular formula is C25H22N2O2. The van der Waals surface area contributed by atoms with Gasteiger partial charge in [0.2, 0.25) is 0 Å². The van der Waals surface area contributed by atoms with Crippen LogP contribution in [0.5, 0.6) is 5.75 Å². The maximum Gasteiger partial charge on any atom is 0.271 e. The summed E-state index contributed by atoms with van der Waals surface area (Å²) in [5.41, 5.74) is 4.12. The molecule has 0 aliphatic rings. The Kier molecular flexibility index (Phi) is 5.52. The number of hydrogen-bond acceptors (Lipinski definition) is 3. The Morgan fingerprint density at radius 2 is 1.59 bits per heavy atom. The van der Waals surface area contributed by atoms with Gasteiger partial charge in [-0.15, -0.1) is 0 Å². The van der Waals surface area contributed by atoms with Gasteiger partial charge in [0.15, 0.2) is 0 Å². The lowest BCUT2D eigenvalue weighted by atomic mass is 10.0. The van der Waals surface area contributed by atoms with Crippen molar-refractivity contribution in [3.05, 3.63) is 90.0 Å². The Hall–Kier alpha value is -3.66. The van der Waals surface area contributed by atoms with Crippen molar-refractivity contribution in [2.75, 3.05) is 6.61 Å². The third-order valence-corrected chi connectivity index (χ3v) is 4.79. The summed E-state index contributed by atoms with van der Waals surface area (Å²) in [5, 5.41) is 8.29. The summed E-state index contributed by atoms with van der Waals surface area (Å²) in [7, 11) is 0. The molecule has 0 bridgehead atoms. The van der Waals surface area contributed by atoms with Crippen LogP contribution in [0.3, 0.4) is 0 Å². The molecule has 4 rings (SSSR count). The SMILES string of the molecule is CCCOc1ccc2ccccc2c1/C=N\NC(=O)c1cccc2ccccc12. The number of nitrogens with one attached hydrogen (secondary N) is 1. The average molecular weight is 382 g/mol. The third-order valence-electron chi connectivity index (χ3n) is 4.79. The van der Waals surface area contributed by atoms with E-state index < -0.39 is 0 Å². The third kappa shape index (κ3) is 3.97. The lowest BCUT2D eigenvalue weighted by molar-refractivity contribution is 0.0957. The zero-order chi connectivity index (χ0) is 20.1. The van der Waals surface area contributed by atoms with Gasteiger partial charge >= 0.3 is 0 Å². The topological polar surface area (TPSA) is 50.7 Å². The molecule has 29 heavy (non-hydrogen) atoms. The average Bonchev–Trinajstić information content (AvgIpc) is 2.77. The largest absolute Gasteiger partial charge is 0.493 e. The highest BCUT2D eigenvalue weighted by molar-refractivity contribution is 6.08. The molecule has 0 fully saturated rings. The summed E-state index contributed by atoms with van der Waals surface area (Å²) in [6, 6.07) is 25.5. The number of benzene rings is 4. The second-order valence-electron chi connectivity index (χ2n) is 6.77. The number of amides is 1. The number of carbonyl (C=O) groups is 1. The van der Waals surface area contributed by atoms with Crippen LogP contribution < -0.4 is 10.2 Å². The van der Waals surface area contributed by atoms with Gasteiger partial charge in [-0.1, -0.05) is 73.7 Å². The first-order valence-electron chi connectivity index (χ1n) is 9.73. The Morgan fingerprint density at radius 1 is 0.897 bits per heavy atom. The zero-order valence-electron chi connectivity index (χ0n) is 16.3. The second kappa shape index (κ2) is 8.57. The van der Waals surface area contributed by atoms with Crippen molar-refractivity contribution in [1.29, 1.82) is 0 Å². The number of hydrogen-bond donors (Lipinski definition) is 1. The van der Waals surface area contributed by atoms with Crippen molar-refractivity contribution < 1.29 is 9.53 Å². The van der Waals surface area contributed by atoms with E-state index in [2.05, 4.69) is 17.5 Å². The van der Waals surface area contributed by atoms with Crippen LogP contribution in [-0.2, 0) is 0 Å². The van der Waals surface area contributed by atoms with Crippen LogP contribution in [0.15, 0.2) is 84.0 Å². The van der Waals surface area contributed by atoms with E-state index in [9.17, 15) is 4.79 Å². The Morgan fingerprint density at radius 3 is 2.38 bits per heavy atom. The summed E-state index contributed by atoms with van der Waals surface area (Å²) >= 11 is 0. The van der Waals surface area contributed by atoms with Crippen LogP contribution >= 0.6 is 0 Å². The maximum absolute atomic E-state index is 12.7. The minimum Gasteiger partial charge on any atom is -0.493 e. The maximum atomic E-state index is 12.7. The fraction of sp³-hybridized carbons (Fsp3) is 0.120. The first-order chi connectivity index (χ1) is 14.3. The number of rotatable bonds is 6. The highest BCUT2D eigenvalue weighted by Gasteiger charge is 2.10. The van der Waals surface area contributed by atoms with Crippen molar-refractivity contribution in [3.63, 3.8) is 0 Å². The Labute approximate surface area is 169 Å². The van der Waals surface area contributed by atoms with Crippen molar-refractivity contribution in [1.82, 2.24) is 5.43 Å². The van der Waals surface area contributed by atoms with Crippen LogP contribution in [0.4, 0.5) is 0 Å². The van der Waals surface area contributed by atoms with E-state index in [1.54, 1.807) is 12.3 Å². The van der Waals surface area contributed by atoms with E-state index in [-0.39, 0.29) is 5.91 Å². The molecule has 0 saturated carbocycles. The molecule has 4 aromatic carbocycles. The van der Waals surface area contributed by atoms with E-state index in [0.29, 0.717) is 12.2 Å². The quantitative estimate of drug-likeness (QED) is 0.351. The van der Waals surface area contributed by atoms with Gasteiger partial charge in [0.1, 0.15) is 5.75 Å². The van der Waals surface area contributed by atoms with E-state index in [1.807, 2.05) is 72.8 Å². The van der Waals surface area contributed by atoms with Gasteiger partial charge in [0.25, 0.3) is 5.91 Å². The number of ether oxygens (including phenoxy) is 1. The number of carbonyl (C=O) groups excluding carboxylic acids is 1. The van der Waals surface area contributed by atoms with Gasteiger partial charge in [-0.3, -0.25) is 4.79 Å². The van der Waals surface area contributed by atoms with Gasteiger partial charge in [-0.05, 0) is 40.1 Å². The van der Waals surface area contributed by atoms with Gasteiger partial charge in [-0.2, -0.15) is 5.10 Å². The van der Waals surface area contributed by atoms with Crippen LogP contribution in [0, 0.1) is 0 Å². The van der Waals surface area contributed by atoms with E-state index in [1.165, 1.54) is 0 Å². The molecule has 4 aromatic rings. The zero-order valence-corrected chi connectivity index (χ0v) is 16.3. The molecule has 0 aliphatic heterocycles. The number of fused-ring (bicyclic) bond motifs is 2. The normalized spacial score (nSPS) is 11.2. The van der Waals surface area contributed by atoms with Gasteiger partial charge < -0.3 is 4.74 Å². The van der Waals surface area contributed by atoms with Gasteiger partial charge in [0, 0.05) is 11.1 Å². The minimum atomic E-state index is -0.241. The molecule has 0 heterocycles. The summed E-state index contributed by atoms with van der Waals surface area (Å²) in [6.07, 6.45) is 2.58. The molecule has 1 amide bonds. The van der Waals surface area contributed by atoms with Gasteiger partial charge in [0.05, 0.1) is 12.8 Å². The van der Waals surface area contributed by atoms with Crippen LogP contribution in [0.25, 0.3) is 21.5 Å². The van der Waals surface area contributed by atoms with E-state index in [0.717, 1.165) is 39.3 Å². The predicted molar refractivity (Wildman–Crippen MR) is 119 cm³/mol. The lowest BCUT2D eigenvalue weighted by Gasteiger charge is -2.11. The lowest BCUT2D eigenvalue weighted by Crippen LogP contribution is -2.18. The molecule has 0 aromatic heterocycles. The Bertz CT molecular complexity index is 1190. The summed E-state index contributed by atoms with van der Waals surface area (Å²) in [5.74, 6) is 0.517. The van der Waals surface area contributed by atoms with Crippen LogP contribution in [0.1, 0.15) is 29.3 Å². The van der Waals surface area contributed by atoms with Crippen molar-refractivity contribution >= 4 is 33.7 Å². The molecular weight excluding hydrogens is 360 g/mol. The van der Waals surface area contributed by atoms with Crippen LogP contribution in [0.2, 0.25) is 0 Å². The van der Waals surface area contributed by atoms with E-state index >= 15 is 0 Å². The molecule has 4 heteroatoms. The number of hydrazone groups is 1. The molecule has 0 radical (unpaired) electrons. The first-order valence-corrected chi connectivity index (χ1v) is 9.73. The highest BCUT2D eigenvalue weighted by atomic mass is 16.5. The minimum absolute atomic E-state index is 0.241. The first kappa shape index (κ1) is 18.7. The molecule has 144 valence electrons. The van der Waals surface area contributed by atoms with Crippen molar-refractivity contribution in [2.24, 2.45) is 5.10 Å². The van der Waals surface area contributed by atoms with Crippen molar-refractivity contribution in [2.45, 2.75) is 13.3 Å². The highest BCUT2D eigenvalue weighted by Crippen LogP contribution is 2.27. The van der Waals surface area contributed by atoms with Crippen LogP contribution in [-0.4, -0.2) is 18.7 Å².